The second-order valence-corrected chi connectivity index (χ2v) is 4.47. The number of aliphatic hydroxyl groups is 1. The Hall–Kier alpha value is -2.13. The fourth-order valence-electron chi connectivity index (χ4n) is 2.13. The number of rotatable bonds is 5. The van der Waals surface area contributed by atoms with Crippen LogP contribution in [-0.4, -0.2) is 16.2 Å². The number of hydrogen-bond donors (Lipinski definition) is 2. The van der Waals surface area contributed by atoms with E-state index in [1.807, 2.05) is 36.4 Å². The second-order valence-electron chi connectivity index (χ2n) is 4.47. The van der Waals surface area contributed by atoms with E-state index >= 15 is 0 Å². The highest BCUT2D eigenvalue weighted by Crippen LogP contribution is 2.22. The zero-order valence-electron chi connectivity index (χ0n) is 10.5. The zero-order chi connectivity index (χ0) is 13.7. The van der Waals surface area contributed by atoms with Crippen molar-refractivity contribution in [2.45, 2.75) is 18.9 Å². The summed E-state index contributed by atoms with van der Waals surface area (Å²) in [5, 5.41) is 19.2. The zero-order valence-corrected chi connectivity index (χ0v) is 10.5. The molecule has 2 aromatic rings. The third-order valence-corrected chi connectivity index (χ3v) is 3.03. The molecule has 98 valence electrons. The summed E-state index contributed by atoms with van der Waals surface area (Å²) >= 11 is 0. The largest absolute Gasteiger partial charge is 0.481 e. The molecule has 0 aromatic heterocycles. The molecule has 2 aromatic carbocycles. The Morgan fingerprint density at radius 3 is 2.32 bits per heavy atom. The van der Waals surface area contributed by atoms with Crippen LogP contribution >= 0.6 is 0 Å². The van der Waals surface area contributed by atoms with Crippen molar-refractivity contribution in [2.75, 3.05) is 0 Å². The lowest BCUT2D eigenvalue weighted by atomic mass is 9.95. The number of benzene rings is 2. The summed E-state index contributed by atoms with van der Waals surface area (Å²) in [7, 11) is 0. The summed E-state index contributed by atoms with van der Waals surface area (Å²) in [6.45, 7) is 0. The normalized spacial score (nSPS) is 12.1. The van der Waals surface area contributed by atoms with Gasteiger partial charge in [-0.2, -0.15) is 0 Å². The summed E-state index contributed by atoms with van der Waals surface area (Å²) in [4.78, 5) is 10.8. The van der Waals surface area contributed by atoms with Crippen molar-refractivity contribution >= 4 is 5.97 Å². The van der Waals surface area contributed by atoms with Crippen LogP contribution in [0.1, 0.15) is 22.8 Å². The van der Waals surface area contributed by atoms with Gasteiger partial charge in [0.25, 0.3) is 0 Å². The first-order chi connectivity index (χ1) is 9.16. The molecule has 0 saturated carbocycles. The fraction of sp³-hybridized carbons (Fsp3) is 0.188. The highest BCUT2D eigenvalue weighted by atomic mass is 16.4. The summed E-state index contributed by atoms with van der Waals surface area (Å²) in [6, 6.07) is 16.8. The number of carboxylic acid groups (broad SMARTS) is 1. The van der Waals surface area contributed by atoms with Gasteiger partial charge in [0.2, 0.25) is 0 Å². The molecule has 2 N–H and O–H groups in total. The van der Waals surface area contributed by atoms with Gasteiger partial charge in [0.05, 0.1) is 12.5 Å². The summed E-state index contributed by atoms with van der Waals surface area (Å²) in [5.74, 6) is -0.889. The third-order valence-electron chi connectivity index (χ3n) is 3.03. The van der Waals surface area contributed by atoms with Crippen molar-refractivity contribution in [3.05, 3.63) is 71.3 Å². The van der Waals surface area contributed by atoms with Crippen LogP contribution in [0.25, 0.3) is 0 Å². The molecular formula is C16H16O3. The van der Waals surface area contributed by atoms with Gasteiger partial charge in [-0.25, -0.2) is 0 Å². The Morgan fingerprint density at radius 2 is 1.63 bits per heavy atom. The van der Waals surface area contributed by atoms with Gasteiger partial charge in [-0.1, -0.05) is 54.6 Å². The molecule has 0 aliphatic carbocycles. The van der Waals surface area contributed by atoms with Gasteiger partial charge < -0.3 is 10.2 Å². The molecule has 0 heterocycles. The Morgan fingerprint density at radius 1 is 1.00 bits per heavy atom. The third kappa shape index (κ3) is 3.66. The molecular weight excluding hydrogens is 240 g/mol. The molecule has 0 aliphatic rings. The van der Waals surface area contributed by atoms with Crippen LogP contribution in [0.5, 0.6) is 0 Å². The molecule has 0 spiro atoms. The van der Waals surface area contributed by atoms with Crippen molar-refractivity contribution in [3.63, 3.8) is 0 Å². The van der Waals surface area contributed by atoms with E-state index in [2.05, 4.69) is 0 Å². The minimum Gasteiger partial charge on any atom is -0.481 e. The minimum atomic E-state index is -0.889. The molecule has 1 unspecified atom stereocenters. The average molecular weight is 256 g/mol. The van der Waals surface area contributed by atoms with E-state index in [9.17, 15) is 9.90 Å². The van der Waals surface area contributed by atoms with Crippen LogP contribution in [0.15, 0.2) is 54.6 Å². The van der Waals surface area contributed by atoms with Gasteiger partial charge in [-0.3, -0.25) is 4.79 Å². The van der Waals surface area contributed by atoms with Gasteiger partial charge in [0.1, 0.15) is 0 Å². The first kappa shape index (κ1) is 13.3. The van der Waals surface area contributed by atoms with E-state index in [4.69, 9.17) is 5.11 Å². The molecule has 0 saturated heterocycles. The molecule has 19 heavy (non-hydrogen) atoms. The quantitative estimate of drug-likeness (QED) is 0.864. The lowest BCUT2D eigenvalue weighted by Gasteiger charge is -2.14. The average Bonchev–Trinajstić information content (AvgIpc) is 2.39. The highest BCUT2D eigenvalue weighted by molar-refractivity contribution is 5.70. The van der Waals surface area contributed by atoms with Crippen LogP contribution in [0.3, 0.4) is 0 Å². The van der Waals surface area contributed by atoms with Gasteiger partial charge in [0.15, 0.2) is 0 Å². The number of carboxylic acids is 1. The molecule has 0 fully saturated rings. The van der Waals surface area contributed by atoms with Crippen molar-refractivity contribution in [1.29, 1.82) is 0 Å². The van der Waals surface area contributed by atoms with Gasteiger partial charge in [0, 0.05) is 6.42 Å². The minimum absolute atomic E-state index is 0.0674. The first-order valence-corrected chi connectivity index (χ1v) is 6.18. The summed E-state index contributed by atoms with van der Waals surface area (Å²) in [6.07, 6.45) is -0.266. The monoisotopic (exact) mass is 256 g/mol. The van der Waals surface area contributed by atoms with Gasteiger partial charge >= 0.3 is 5.97 Å². The number of hydrogen-bond acceptors (Lipinski definition) is 2. The van der Waals surface area contributed by atoms with Crippen molar-refractivity contribution in [3.8, 4) is 0 Å². The number of aliphatic hydroxyl groups excluding tert-OH is 1. The van der Waals surface area contributed by atoms with Crippen LogP contribution in [-0.2, 0) is 17.6 Å². The number of aliphatic carboxylic acids is 1. The van der Waals surface area contributed by atoms with E-state index in [1.165, 1.54) is 0 Å². The molecule has 0 radical (unpaired) electrons. The Labute approximate surface area is 112 Å². The second kappa shape index (κ2) is 6.16. The molecule has 0 bridgehead atoms. The molecule has 2 rings (SSSR count). The van der Waals surface area contributed by atoms with E-state index in [1.54, 1.807) is 18.2 Å². The predicted octanol–water partition coefficient (Wildman–Crippen LogP) is 2.59. The van der Waals surface area contributed by atoms with E-state index in [0.717, 1.165) is 5.56 Å². The Kier molecular flexibility index (Phi) is 4.31. The van der Waals surface area contributed by atoms with E-state index < -0.39 is 12.1 Å². The van der Waals surface area contributed by atoms with Gasteiger partial charge in [-0.15, -0.1) is 0 Å². The standard InChI is InChI=1S/C16H16O3/c17-15(10-12-6-2-1-3-7-12)14-9-5-4-8-13(14)11-16(18)19/h1-9,15,17H,10-11H2,(H,18,19). The topological polar surface area (TPSA) is 57.5 Å². The molecule has 3 nitrogen and oxygen atoms in total. The van der Waals surface area contributed by atoms with Crippen LogP contribution in [0.4, 0.5) is 0 Å². The smallest absolute Gasteiger partial charge is 0.307 e. The summed E-state index contributed by atoms with van der Waals surface area (Å²) in [5.41, 5.74) is 2.38. The molecule has 0 amide bonds. The highest BCUT2D eigenvalue weighted by Gasteiger charge is 2.14. The van der Waals surface area contributed by atoms with Crippen LogP contribution < -0.4 is 0 Å². The van der Waals surface area contributed by atoms with Crippen molar-refractivity contribution in [2.24, 2.45) is 0 Å². The molecule has 1 atom stereocenters. The predicted molar refractivity (Wildman–Crippen MR) is 72.9 cm³/mol. The summed E-state index contributed by atoms with van der Waals surface area (Å²) < 4.78 is 0. The molecule has 3 heteroatoms. The van der Waals surface area contributed by atoms with Crippen molar-refractivity contribution < 1.29 is 15.0 Å². The number of carbonyl (C=O) groups is 1. The maximum absolute atomic E-state index is 10.8. The molecule has 0 aliphatic heterocycles. The lowest BCUT2D eigenvalue weighted by molar-refractivity contribution is -0.136. The van der Waals surface area contributed by atoms with Crippen molar-refractivity contribution in [1.82, 2.24) is 0 Å². The lowest BCUT2D eigenvalue weighted by Crippen LogP contribution is -2.09. The maximum Gasteiger partial charge on any atom is 0.307 e. The fourth-order valence-corrected chi connectivity index (χ4v) is 2.13. The van der Waals surface area contributed by atoms with E-state index in [-0.39, 0.29) is 6.42 Å². The Balaban J connectivity index is 2.19. The Bertz CT molecular complexity index is 549. The van der Waals surface area contributed by atoms with Crippen LogP contribution in [0.2, 0.25) is 0 Å². The maximum atomic E-state index is 10.8. The van der Waals surface area contributed by atoms with Gasteiger partial charge in [-0.05, 0) is 16.7 Å². The first-order valence-electron chi connectivity index (χ1n) is 6.18. The van der Waals surface area contributed by atoms with E-state index in [0.29, 0.717) is 17.5 Å². The SMILES string of the molecule is O=C(O)Cc1ccccc1C(O)Cc1ccccc1. The van der Waals surface area contributed by atoms with Crippen LogP contribution in [0, 0.1) is 0 Å².